The standard InChI is InChI=1S/C14H21NO3/c16-13-5-4-12(14(17)8-13)9-15-6-1-7-18-10-11-2-3-11/h4-5,8,11,15-17H,1-3,6-7,9-10H2. The van der Waals surface area contributed by atoms with E-state index in [0.717, 1.165) is 37.7 Å². The van der Waals surface area contributed by atoms with Gasteiger partial charge in [-0.2, -0.15) is 0 Å². The highest BCUT2D eigenvalue weighted by atomic mass is 16.5. The van der Waals surface area contributed by atoms with Crippen molar-refractivity contribution in [2.75, 3.05) is 19.8 Å². The van der Waals surface area contributed by atoms with Crippen LogP contribution in [-0.4, -0.2) is 30.0 Å². The summed E-state index contributed by atoms with van der Waals surface area (Å²) in [7, 11) is 0. The van der Waals surface area contributed by atoms with Gasteiger partial charge in [0.1, 0.15) is 11.5 Å². The Kier molecular flexibility index (Phi) is 4.84. The van der Waals surface area contributed by atoms with Crippen molar-refractivity contribution in [2.24, 2.45) is 5.92 Å². The van der Waals surface area contributed by atoms with Gasteiger partial charge in [0.05, 0.1) is 0 Å². The molecule has 1 aromatic rings. The van der Waals surface area contributed by atoms with Crippen LogP contribution in [0.2, 0.25) is 0 Å². The van der Waals surface area contributed by atoms with Crippen LogP contribution in [0.3, 0.4) is 0 Å². The summed E-state index contributed by atoms with van der Waals surface area (Å²) in [4.78, 5) is 0. The van der Waals surface area contributed by atoms with Crippen LogP contribution in [0.15, 0.2) is 18.2 Å². The average molecular weight is 251 g/mol. The zero-order chi connectivity index (χ0) is 12.8. The lowest BCUT2D eigenvalue weighted by Crippen LogP contribution is -2.16. The summed E-state index contributed by atoms with van der Waals surface area (Å²) >= 11 is 0. The van der Waals surface area contributed by atoms with Gasteiger partial charge in [0, 0.05) is 31.4 Å². The van der Waals surface area contributed by atoms with Crippen LogP contribution in [0.5, 0.6) is 11.5 Å². The fourth-order valence-electron chi connectivity index (χ4n) is 1.76. The maximum Gasteiger partial charge on any atom is 0.123 e. The topological polar surface area (TPSA) is 61.7 Å². The van der Waals surface area contributed by atoms with Crippen LogP contribution in [-0.2, 0) is 11.3 Å². The van der Waals surface area contributed by atoms with E-state index in [1.165, 1.54) is 18.9 Å². The van der Waals surface area contributed by atoms with Crippen molar-refractivity contribution in [1.29, 1.82) is 0 Å². The minimum atomic E-state index is 0.0877. The molecule has 1 aromatic carbocycles. The zero-order valence-corrected chi connectivity index (χ0v) is 10.6. The summed E-state index contributed by atoms with van der Waals surface area (Å²) < 4.78 is 5.53. The van der Waals surface area contributed by atoms with Crippen LogP contribution < -0.4 is 5.32 Å². The molecular weight excluding hydrogens is 230 g/mol. The Morgan fingerprint density at radius 2 is 2.11 bits per heavy atom. The molecule has 3 N–H and O–H groups in total. The Morgan fingerprint density at radius 1 is 1.28 bits per heavy atom. The molecule has 2 rings (SSSR count). The van der Waals surface area contributed by atoms with Crippen LogP contribution in [0.25, 0.3) is 0 Å². The Labute approximate surface area is 108 Å². The second-order valence-corrected chi connectivity index (χ2v) is 4.86. The average Bonchev–Trinajstić information content (AvgIpc) is 3.14. The highest BCUT2D eigenvalue weighted by Gasteiger charge is 2.20. The predicted molar refractivity (Wildman–Crippen MR) is 69.6 cm³/mol. The molecule has 18 heavy (non-hydrogen) atoms. The monoisotopic (exact) mass is 251 g/mol. The number of rotatable bonds is 8. The number of nitrogens with one attached hydrogen (secondary N) is 1. The van der Waals surface area contributed by atoms with E-state index < -0.39 is 0 Å². The van der Waals surface area contributed by atoms with E-state index in [1.54, 1.807) is 12.1 Å². The largest absolute Gasteiger partial charge is 0.508 e. The number of ether oxygens (including phenoxy) is 1. The lowest BCUT2D eigenvalue weighted by molar-refractivity contribution is 0.122. The molecule has 0 heterocycles. The number of hydrogen-bond donors (Lipinski definition) is 3. The lowest BCUT2D eigenvalue weighted by atomic mass is 10.2. The van der Waals surface area contributed by atoms with Gasteiger partial charge < -0.3 is 20.3 Å². The Bertz CT molecular complexity index is 377. The smallest absolute Gasteiger partial charge is 0.123 e. The summed E-state index contributed by atoms with van der Waals surface area (Å²) in [5.74, 6) is 1.05. The van der Waals surface area contributed by atoms with Crippen molar-refractivity contribution in [1.82, 2.24) is 5.32 Å². The molecule has 4 heteroatoms. The van der Waals surface area contributed by atoms with Crippen molar-refractivity contribution >= 4 is 0 Å². The molecule has 1 fully saturated rings. The SMILES string of the molecule is Oc1ccc(CNCCCOCC2CC2)c(O)c1. The van der Waals surface area contributed by atoms with Crippen LogP contribution >= 0.6 is 0 Å². The van der Waals surface area contributed by atoms with Gasteiger partial charge in [-0.1, -0.05) is 6.07 Å². The Morgan fingerprint density at radius 3 is 2.83 bits per heavy atom. The van der Waals surface area contributed by atoms with Gasteiger partial charge in [-0.25, -0.2) is 0 Å². The predicted octanol–water partition coefficient (Wildman–Crippen LogP) is 2.00. The maximum atomic E-state index is 9.58. The van der Waals surface area contributed by atoms with Gasteiger partial charge in [-0.3, -0.25) is 0 Å². The summed E-state index contributed by atoms with van der Waals surface area (Å²) in [6.45, 7) is 3.18. The maximum absolute atomic E-state index is 9.58. The first kappa shape index (κ1) is 13.2. The van der Waals surface area contributed by atoms with Gasteiger partial charge in [-0.05, 0) is 37.8 Å². The molecule has 0 aromatic heterocycles. The van der Waals surface area contributed by atoms with Crippen LogP contribution in [0.1, 0.15) is 24.8 Å². The molecule has 4 nitrogen and oxygen atoms in total. The van der Waals surface area contributed by atoms with Crippen molar-refractivity contribution < 1.29 is 14.9 Å². The van der Waals surface area contributed by atoms with Crippen LogP contribution in [0, 0.1) is 5.92 Å². The molecule has 0 spiro atoms. The van der Waals surface area contributed by atoms with E-state index >= 15 is 0 Å². The molecule has 100 valence electrons. The van der Waals surface area contributed by atoms with Gasteiger partial charge in [-0.15, -0.1) is 0 Å². The van der Waals surface area contributed by atoms with Crippen molar-refractivity contribution in [3.63, 3.8) is 0 Å². The van der Waals surface area contributed by atoms with Gasteiger partial charge in [0.2, 0.25) is 0 Å². The number of aromatic hydroxyl groups is 2. The Hall–Kier alpha value is -1.26. The van der Waals surface area contributed by atoms with Gasteiger partial charge >= 0.3 is 0 Å². The molecule has 0 atom stereocenters. The van der Waals surface area contributed by atoms with Crippen LogP contribution in [0.4, 0.5) is 0 Å². The summed E-state index contributed by atoms with van der Waals surface area (Å²) in [5.41, 5.74) is 0.798. The fourth-order valence-corrected chi connectivity index (χ4v) is 1.76. The second-order valence-electron chi connectivity index (χ2n) is 4.86. The first-order valence-corrected chi connectivity index (χ1v) is 6.55. The summed E-state index contributed by atoms with van der Waals surface area (Å²) in [6.07, 6.45) is 3.64. The van der Waals surface area contributed by atoms with Gasteiger partial charge in [0.25, 0.3) is 0 Å². The van der Waals surface area contributed by atoms with Crippen molar-refractivity contribution in [3.8, 4) is 11.5 Å². The summed E-state index contributed by atoms with van der Waals surface area (Å²) in [5, 5.41) is 22.0. The van der Waals surface area contributed by atoms with E-state index in [4.69, 9.17) is 9.84 Å². The number of phenols is 2. The number of phenolic OH excluding ortho intramolecular Hbond substituents is 2. The van der Waals surface area contributed by atoms with E-state index in [9.17, 15) is 5.11 Å². The number of benzene rings is 1. The minimum absolute atomic E-state index is 0.0877. The van der Waals surface area contributed by atoms with E-state index in [0.29, 0.717) is 6.54 Å². The quantitative estimate of drug-likeness (QED) is 0.618. The molecule has 0 saturated heterocycles. The highest BCUT2D eigenvalue weighted by Crippen LogP contribution is 2.28. The first-order valence-electron chi connectivity index (χ1n) is 6.55. The third kappa shape index (κ3) is 4.55. The highest BCUT2D eigenvalue weighted by molar-refractivity contribution is 5.38. The molecule has 0 unspecified atom stereocenters. The van der Waals surface area contributed by atoms with E-state index in [1.807, 2.05) is 0 Å². The van der Waals surface area contributed by atoms with Gasteiger partial charge in [0.15, 0.2) is 0 Å². The van der Waals surface area contributed by atoms with E-state index in [-0.39, 0.29) is 11.5 Å². The Balaban J connectivity index is 1.53. The molecule has 0 radical (unpaired) electrons. The zero-order valence-electron chi connectivity index (χ0n) is 10.6. The fraction of sp³-hybridized carbons (Fsp3) is 0.571. The van der Waals surface area contributed by atoms with Crippen molar-refractivity contribution in [2.45, 2.75) is 25.8 Å². The molecule has 1 saturated carbocycles. The third-order valence-electron chi connectivity index (χ3n) is 3.08. The first-order chi connectivity index (χ1) is 8.75. The molecule has 0 aliphatic heterocycles. The van der Waals surface area contributed by atoms with E-state index in [2.05, 4.69) is 5.32 Å². The molecule has 1 aliphatic carbocycles. The minimum Gasteiger partial charge on any atom is -0.508 e. The third-order valence-corrected chi connectivity index (χ3v) is 3.08. The second kappa shape index (κ2) is 6.61. The molecular formula is C14H21NO3. The molecule has 0 bridgehead atoms. The lowest BCUT2D eigenvalue weighted by Gasteiger charge is -2.07. The molecule has 0 amide bonds. The molecule has 1 aliphatic rings. The number of hydrogen-bond acceptors (Lipinski definition) is 4. The normalized spacial score (nSPS) is 14.9. The summed E-state index contributed by atoms with van der Waals surface area (Å²) in [6, 6.07) is 4.66. The van der Waals surface area contributed by atoms with Crippen molar-refractivity contribution in [3.05, 3.63) is 23.8 Å².